The Balaban J connectivity index is 1.11. The van der Waals surface area contributed by atoms with Gasteiger partial charge >= 0.3 is 11.4 Å². The number of nitrogens with one attached hydrogen (secondary N) is 2. The van der Waals surface area contributed by atoms with Crippen LogP contribution in [0.5, 0.6) is 0 Å². The number of rotatable bonds is 7. The van der Waals surface area contributed by atoms with E-state index < -0.39 is 70.9 Å². The molecule has 0 aromatic carbocycles. The first-order valence-corrected chi connectivity index (χ1v) is 15.3. The topological polar surface area (TPSA) is 165 Å². The number of aromatic nitrogens is 4. The third kappa shape index (κ3) is 5.27. The maximum Gasteiger partial charge on any atom is 0.330 e. The molecule has 4 saturated heterocycles. The third-order valence-corrected chi connectivity index (χ3v) is 9.46. The number of fused-ring (bicyclic) bond motifs is 2. The van der Waals surface area contributed by atoms with Crippen LogP contribution in [0.4, 0.5) is 0 Å². The van der Waals surface area contributed by atoms with Gasteiger partial charge < -0.3 is 28.4 Å². The van der Waals surface area contributed by atoms with Gasteiger partial charge in [0.1, 0.15) is 24.4 Å². The second-order valence-corrected chi connectivity index (χ2v) is 13.4. The Kier molecular flexibility index (Phi) is 7.18. The van der Waals surface area contributed by atoms with Crippen molar-refractivity contribution in [2.45, 2.75) is 88.3 Å². The zero-order valence-electron chi connectivity index (χ0n) is 22.1. The molecule has 40 heavy (non-hydrogen) atoms. The van der Waals surface area contributed by atoms with Crippen molar-refractivity contribution in [1.29, 1.82) is 0 Å². The lowest BCUT2D eigenvalue weighted by molar-refractivity contribution is -0.194. The molecule has 16 heteroatoms. The zero-order valence-corrected chi connectivity index (χ0v) is 23.8. The standard InChI is InChI=1S/C24H30N4O10S2/c1-23(2)35-15-11(33-19(17(15)37-23)27-7-5-13(29)25-21(27)31)9-39-40-10-12-16-18(38-24(3,4)36-16)20(34-12)28-8-6-14(30)26-22(28)32/h5-8,11-12,15-20H,9-10H2,1-4H3,(H,25,29,31)(H,26,30,32)/t11-,12-,15-,16-,17-,18-,19-,20-/m1/s1. The number of ether oxygens (including phenoxy) is 6. The van der Waals surface area contributed by atoms with Crippen molar-refractivity contribution in [2.75, 3.05) is 11.5 Å². The van der Waals surface area contributed by atoms with Crippen molar-refractivity contribution in [2.24, 2.45) is 0 Å². The Morgan fingerprint density at radius 2 is 1.05 bits per heavy atom. The lowest BCUT2D eigenvalue weighted by Crippen LogP contribution is -2.37. The van der Waals surface area contributed by atoms with Crippen LogP contribution in [0.3, 0.4) is 0 Å². The number of hydrogen-bond donors (Lipinski definition) is 2. The first kappa shape index (κ1) is 28.0. The highest BCUT2D eigenvalue weighted by Crippen LogP contribution is 2.46. The molecule has 4 aliphatic rings. The molecule has 4 fully saturated rings. The van der Waals surface area contributed by atoms with Gasteiger partial charge in [-0.25, -0.2) is 9.59 Å². The van der Waals surface area contributed by atoms with E-state index in [1.54, 1.807) is 49.3 Å². The van der Waals surface area contributed by atoms with Crippen molar-refractivity contribution in [3.8, 4) is 0 Å². The van der Waals surface area contributed by atoms with Crippen LogP contribution in [0.2, 0.25) is 0 Å². The molecule has 2 N–H and O–H groups in total. The van der Waals surface area contributed by atoms with Crippen molar-refractivity contribution in [3.63, 3.8) is 0 Å². The molecule has 4 aliphatic heterocycles. The summed E-state index contributed by atoms with van der Waals surface area (Å²) in [6.07, 6.45) is -1.39. The van der Waals surface area contributed by atoms with E-state index in [4.69, 9.17) is 28.4 Å². The van der Waals surface area contributed by atoms with E-state index in [2.05, 4.69) is 9.97 Å². The highest BCUT2D eigenvalue weighted by atomic mass is 33.1. The van der Waals surface area contributed by atoms with E-state index in [-0.39, 0.29) is 12.2 Å². The van der Waals surface area contributed by atoms with Crippen LogP contribution in [-0.4, -0.2) is 78.8 Å². The predicted molar refractivity (Wildman–Crippen MR) is 143 cm³/mol. The van der Waals surface area contributed by atoms with Crippen LogP contribution in [0.15, 0.2) is 43.7 Å². The first-order valence-electron chi connectivity index (χ1n) is 12.8. The van der Waals surface area contributed by atoms with Gasteiger partial charge in [0.25, 0.3) is 11.1 Å². The first-order chi connectivity index (χ1) is 18.9. The van der Waals surface area contributed by atoms with E-state index in [0.29, 0.717) is 11.5 Å². The quantitative estimate of drug-likeness (QED) is 0.331. The van der Waals surface area contributed by atoms with Gasteiger partial charge in [-0.1, -0.05) is 21.6 Å². The monoisotopic (exact) mass is 598 g/mol. The number of nitrogens with zero attached hydrogens (tertiary/aromatic N) is 2. The van der Waals surface area contributed by atoms with E-state index in [0.717, 1.165) is 0 Å². The summed E-state index contributed by atoms with van der Waals surface area (Å²) in [6.45, 7) is 7.22. The van der Waals surface area contributed by atoms with Crippen LogP contribution >= 0.6 is 21.6 Å². The number of hydrogen-bond acceptors (Lipinski definition) is 12. The molecule has 218 valence electrons. The van der Waals surface area contributed by atoms with Gasteiger partial charge in [-0.15, -0.1) is 0 Å². The minimum absolute atomic E-state index is 0.386. The summed E-state index contributed by atoms with van der Waals surface area (Å²) in [4.78, 5) is 52.5. The number of aromatic amines is 2. The summed E-state index contributed by atoms with van der Waals surface area (Å²) in [6, 6.07) is 2.52. The molecule has 0 saturated carbocycles. The van der Waals surface area contributed by atoms with Gasteiger partial charge in [0, 0.05) is 36.0 Å². The average molecular weight is 599 g/mol. The van der Waals surface area contributed by atoms with E-state index >= 15 is 0 Å². The lowest BCUT2D eigenvalue weighted by atomic mass is 10.1. The van der Waals surface area contributed by atoms with E-state index in [1.165, 1.54) is 33.7 Å². The summed E-state index contributed by atoms with van der Waals surface area (Å²) in [5.41, 5.74) is -2.16. The van der Waals surface area contributed by atoms with Crippen LogP contribution in [0.1, 0.15) is 40.2 Å². The summed E-state index contributed by atoms with van der Waals surface area (Å²) >= 11 is 0. The van der Waals surface area contributed by atoms with E-state index in [1.807, 2.05) is 0 Å². The molecule has 0 bridgehead atoms. The average Bonchev–Trinajstić information content (AvgIpc) is 3.54. The Morgan fingerprint density at radius 3 is 1.43 bits per heavy atom. The maximum atomic E-state index is 12.4. The van der Waals surface area contributed by atoms with Crippen LogP contribution in [-0.2, 0) is 28.4 Å². The molecule has 6 rings (SSSR count). The minimum atomic E-state index is -0.854. The van der Waals surface area contributed by atoms with Gasteiger partial charge in [-0.2, -0.15) is 0 Å². The van der Waals surface area contributed by atoms with Crippen molar-refractivity contribution in [1.82, 2.24) is 19.1 Å². The highest BCUT2D eigenvalue weighted by Gasteiger charge is 2.57. The molecule has 2 aromatic heterocycles. The zero-order chi connectivity index (χ0) is 28.4. The molecule has 0 aliphatic carbocycles. The summed E-state index contributed by atoms with van der Waals surface area (Å²) in [5, 5.41) is 0. The molecule has 6 heterocycles. The molecule has 14 nitrogen and oxygen atoms in total. The fourth-order valence-corrected chi connectivity index (χ4v) is 7.90. The van der Waals surface area contributed by atoms with Gasteiger partial charge in [-0.3, -0.25) is 28.7 Å². The van der Waals surface area contributed by atoms with Gasteiger partial charge in [0.2, 0.25) is 0 Å². The van der Waals surface area contributed by atoms with Crippen LogP contribution in [0.25, 0.3) is 0 Å². The van der Waals surface area contributed by atoms with Gasteiger partial charge in [0.15, 0.2) is 24.0 Å². The predicted octanol–water partition coefficient (Wildman–Crippen LogP) is 0.303. The lowest BCUT2D eigenvalue weighted by Gasteiger charge is -2.25. The van der Waals surface area contributed by atoms with Crippen molar-refractivity contribution < 1.29 is 28.4 Å². The Hall–Kier alpha value is -2.18. The fourth-order valence-electron chi connectivity index (χ4n) is 5.52. The fraction of sp³-hybridized carbons (Fsp3) is 0.667. The Morgan fingerprint density at radius 1 is 0.675 bits per heavy atom. The summed E-state index contributed by atoms with van der Waals surface area (Å²) < 4.78 is 39.4. The second kappa shape index (κ2) is 10.3. The molecule has 0 radical (unpaired) electrons. The van der Waals surface area contributed by atoms with Gasteiger partial charge in [-0.05, 0) is 27.7 Å². The van der Waals surface area contributed by atoms with Gasteiger partial charge in [0.05, 0.1) is 12.2 Å². The highest BCUT2D eigenvalue weighted by molar-refractivity contribution is 8.76. The Bertz CT molecular complexity index is 1390. The Labute approximate surface area is 235 Å². The summed E-state index contributed by atoms with van der Waals surface area (Å²) in [5.74, 6) is -0.667. The summed E-state index contributed by atoms with van der Waals surface area (Å²) in [7, 11) is 3.09. The van der Waals surface area contributed by atoms with E-state index in [9.17, 15) is 19.2 Å². The third-order valence-electron chi connectivity index (χ3n) is 7.05. The maximum absolute atomic E-state index is 12.4. The van der Waals surface area contributed by atoms with Crippen molar-refractivity contribution >= 4 is 21.6 Å². The second-order valence-electron chi connectivity index (χ2n) is 10.9. The molecular weight excluding hydrogens is 568 g/mol. The van der Waals surface area contributed by atoms with Crippen molar-refractivity contribution in [3.05, 3.63) is 66.2 Å². The van der Waals surface area contributed by atoms with Crippen LogP contribution in [0, 0.1) is 0 Å². The number of H-pyrrole nitrogens is 2. The smallest absolute Gasteiger partial charge is 0.330 e. The molecule has 0 unspecified atom stereocenters. The molecule has 0 spiro atoms. The molecule has 8 atom stereocenters. The largest absolute Gasteiger partial charge is 0.348 e. The molecule has 2 aromatic rings. The normalized spacial score (nSPS) is 35.6. The minimum Gasteiger partial charge on any atom is -0.348 e. The molecular formula is C24H30N4O10S2. The van der Waals surface area contributed by atoms with Crippen LogP contribution < -0.4 is 22.5 Å². The molecule has 0 amide bonds. The SMILES string of the molecule is CC1(C)O[C@@H]2[C@H](O1)[C@@H](CSSC[C@H]1O[C@@H](n3ccc(=O)[nH]c3=O)[C@@H]3OC(C)(C)O[C@@H]31)O[C@H]2n1ccc(=O)[nH]c1=O.